The first kappa shape index (κ1) is 12.6. The number of para-hydroxylation sites is 2. The fourth-order valence-corrected chi connectivity index (χ4v) is 3.14. The molecular formula is C14H11BrN2OS. The van der Waals surface area contributed by atoms with Crippen LogP contribution in [-0.4, -0.2) is 4.98 Å². The van der Waals surface area contributed by atoms with Crippen LogP contribution < -0.4 is 5.73 Å². The first-order valence-corrected chi connectivity index (χ1v) is 7.52. The molecule has 19 heavy (non-hydrogen) atoms. The van der Waals surface area contributed by atoms with E-state index in [1.165, 1.54) is 0 Å². The Hall–Kier alpha value is -1.46. The lowest BCUT2D eigenvalue weighted by molar-refractivity contribution is 0.489. The molecule has 1 aromatic heterocycles. The number of oxazole rings is 1. The van der Waals surface area contributed by atoms with Gasteiger partial charge in [0.25, 0.3) is 5.22 Å². The standard InChI is InChI=1S/C14H11BrN2OS/c15-10-5-9(6-11(16)7-10)8-19-14-17-12-3-1-2-4-13(12)18-14/h1-7H,8,16H2. The molecule has 0 unspecified atom stereocenters. The fraction of sp³-hybridized carbons (Fsp3) is 0.0714. The van der Waals surface area contributed by atoms with Gasteiger partial charge in [-0.25, -0.2) is 4.98 Å². The van der Waals surface area contributed by atoms with Crippen molar-refractivity contribution in [1.82, 2.24) is 4.98 Å². The summed E-state index contributed by atoms with van der Waals surface area (Å²) in [5, 5.41) is 0.680. The Morgan fingerprint density at radius 1 is 1.21 bits per heavy atom. The number of hydrogen-bond donors (Lipinski definition) is 1. The van der Waals surface area contributed by atoms with Crippen LogP contribution in [0.2, 0.25) is 0 Å². The molecule has 0 bridgehead atoms. The van der Waals surface area contributed by atoms with Crippen LogP contribution in [0, 0.1) is 0 Å². The third kappa shape index (κ3) is 2.93. The quantitative estimate of drug-likeness (QED) is 0.567. The van der Waals surface area contributed by atoms with Gasteiger partial charge in [0.15, 0.2) is 5.58 Å². The zero-order valence-corrected chi connectivity index (χ0v) is 12.4. The molecule has 0 aliphatic heterocycles. The summed E-state index contributed by atoms with van der Waals surface area (Å²) in [4.78, 5) is 4.43. The molecule has 0 saturated carbocycles. The molecule has 5 heteroatoms. The van der Waals surface area contributed by atoms with Gasteiger partial charge in [-0.3, -0.25) is 0 Å². The molecular weight excluding hydrogens is 324 g/mol. The molecule has 0 fully saturated rings. The number of thioether (sulfide) groups is 1. The van der Waals surface area contributed by atoms with Gasteiger partial charge in [-0.15, -0.1) is 0 Å². The van der Waals surface area contributed by atoms with Crippen molar-refractivity contribution < 1.29 is 4.42 Å². The molecule has 0 aliphatic carbocycles. The number of anilines is 1. The number of fused-ring (bicyclic) bond motifs is 1. The molecule has 0 atom stereocenters. The predicted molar refractivity (Wildman–Crippen MR) is 82.1 cm³/mol. The highest BCUT2D eigenvalue weighted by Gasteiger charge is 2.06. The van der Waals surface area contributed by atoms with E-state index in [1.807, 2.05) is 42.5 Å². The minimum atomic E-state index is 0.680. The van der Waals surface area contributed by atoms with E-state index < -0.39 is 0 Å². The molecule has 0 aliphatic rings. The minimum absolute atomic E-state index is 0.680. The smallest absolute Gasteiger partial charge is 0.257 e. The van der Waals surface area contributed by atoms with Crippen LogP contribution in [0.1, 0.15) is 5.56 Å². The number of benzene rings is 2. The number of nitrogens with two attached hydrogens (primary N) is 1. The van der Waals surface area contributed by atoms with Gasteiger partial charge in [0, 0.05) is 15.9 Å². The summed E-state index contributed by atoms with van der Waals surface area (Å²) in [5.74, 6) is 0.774. The van der Waals surface area contributed by atoms with E-state index >= 15 is 0 Å². The summed E-state index contributed by atoms with van der Waals surface area (Å²) < 4.78 is 6.65. The molecule has 0 radical (unpaired) electrons. The highest BCUT2D eigenvalue weighted by molar-refractivity contribution is 9.10. The van der Waals surface area contributed by atoms with Gasteiger partial charge < -0.3 is 10.2 Å². The second-order valence-electron chi connectivity index (χ2n) is 4.13. The summed E-state index contributed by atoms with van der Waals surface area (Å²) in [6.07, 6.45) is 0. The van der Waals surface area contributed by atoms with E-state index in [2.05, 4.69) is 20.9 Å². The number of halogens is 1. The van der Waals surface area contributed by atoms with E-state index in [1.54, 1.807) is 11.8 Å². The van der Waals surface area contributed by atoms with Crippen molar-refractivity contribution in [2.75, 3.05) is 5.73 Å². The van der Waals surface area contributed by atoms with Crippen molar-refractivity contribution in [3.8, 4) is 0 Å². The maximum Gasteiger partial charge on any atom is 0.257 e. The van der Waals surface area contributed by atoms with Gasteiger partial charge in [0.1, 0.15) is 5.52 Å². The lowest BCUT2D eigenvalue weighted by atomic mass is 10.2. The topological polar surface area (TPSA) is 52.0 Å². The van der Waals surface area contributed by atoms with Gasteiger partial charge in [0.05, 0.1) is 0 Å². The van der Waals surface area contributed by atoms with Crippen molar-refractivity contribution >= 4 is 44.5 Å². The van der Waals surface area contributed by atoms with Crippen molar-refractivity contribution in [3.63, 3.8) is 0 Å². The van der Waals surface area contributed by atoms with Gasteiger partial charge in [-0.05, 0) is 35.9 Å². The normalized spacial score (nSPS) is 11.0. The van der Waals surface area contributed by atoms with Gasteiger partial charge in [-0.1, -0.05) is 39.8 Å². The van der Waals surface area contributed by atoms with Crippen LogP contribution in [0.4, 0.5) is 5.69 Å². The molecule has 96 valence electrons. The average Bonchev–Trinajstić information content (AvgIpc) is 2.78. The summed E-state index contributed by atoms with van der Waals surface area (Å²) in [6, 6.07) is 13.6. The molecule has 3 rings (SSSR count). The Morgan fingerprint density at radius 3 is 2.84 bits per heavy atom. The lowest BCUT2D eigenvalue weighted by Gasteiger charge is -2.01. The summed E-state index contributed by atoms with van der Waals surface area (Å²) in [5.41, 5.74) is 9.41. The van der Waals surface area contributed by atoms with E-state index in [0.29, 0.717) is 5.22 Å². The maximum atomic E-state index is 5.81. The number of hydrogen-bond acceptors (Lipinski definition) is 4. The predicted octanol–water partition coefficient (Wildman–Crippen LogP) is 4.46. The molecule has 1 heterocycles. The second-order valence-corrected chi connectivity index (χ2v) is 5.97. The molecule has 0 saturated heterocycles. The van der Waals surface area contributed by atoms with Crippen molar-refractivity contribution in [1.29, 1.82) is 0 Å². The third-order valence-electron chi connectivity index (χ3n) is 2.62. The van der Waals surface area contributed by atoms with Gasteiger partial charge in [-0.2, -0.15) is 0 Å². The van der Waals surface area contributed by atoms with Crippen molar-refractivity contribution in [2.24, 2.45) is 0 Å². The Bertz CT molecular complexity index is 673. The Balaban J connectivity index is 1.78. The van der Waals surface area contributed by atoms with Crippen LogP contribution in [-0.2, 0) is 5.75 Å². The van der Waals surface area contributed by atoms with E-state index in [4.69, 9.17) is 10.2 Å². The number of rotatable bonds is 3. The van der Waals surface area contributed by atoms with Gasteiger partial charge >= 0.3 is 0 Å². The first-order valence-electron chi connectivity index (χ1n) is 5.74. The monoisotopic (exact) mass is 334 g/mol. The second kappa shape index (κ2) is 5.27. The molecule has 3 aromatic rings. The molecule has 0 amide bonds. The molecule has 0 spiro atoms. The van der Waals surface area contributed by atoms with Crippen molar-refractivity contribution in [2.45, 2.75) is 11.0 Å². The van der Waals surface area contributed by atoms with E-state index in [-0.39, 0.29) is 0 Å². The lowest BCUT2D eigenvalue weighted by Crippen LogP contribution is -1.88. The van der Waals surface area contributed by atoms with E-state index in [0.717, 1.165) is 32.6 Å². The van der Waals surface area contributed by atoms with Crippen molar-refractivity contribution in [3.05, 3.63) is 52.5 Å². The number of nitrogen functional groups attached to an aromatic ring is 1. The van der Waals surface area contributed by atoms with Crippen LogP contribution >= 0.6 is 27.7 Å². The highest BCUT2D eigenvalue weighted by atomic mass is 79.9. The Labute approximate surface area is 123 Å². The molecule has 2 aromatic carbocycles. The van der Waals surface area contributed by atoms with Crippen LogP contribution in [0.5, 0.6) is 0 Å². The first-order chi connectivity index (χ1) is 9.20. The molecule has 3 nitrogen and oxygen atoms in total. The summed E-state index contributed by atoms with van der Waals surface area (Å²) in [7, 11) is 0. The number of aromatic nitrogens is 1. The van der Waals surface area contributed by atoms with Crippen LogP contribution in [0.25, 0.3) is 11.1 Å². The zero-order valence-electron chi connectivity index (χ0n) is 9.97. The third-order valence-corrected chi connectivity index (χ3v) is 3.97. The highest BCUT2D eigenvalue weighted by Crippen LogP contribution is 2.27. The fourth-order valence-electron chi connectivity index (χ4n) is 1.82. The zero-order chi connectivity index (χ0) is 13.2. The largest absolute Gasteiger partial charge is 0.431 e. The Kier molecular flexibility index (Phi) is 3.48. The summed E-state index contributed by atoms with van der Waals surface area (Å²) in [6.45, 7) is 0. The van der Waals surface area contributed by atoms with Crippen LogP contribution in [0.3, 0.4) is 0 Å². The summed E-state index contributed by atoms with van der Waals surface area (Å²) >= 11 is 5.00. The maximum absolute atomic E-state index is 5.81. The van der Waals surface area contributed by atoms with E-state index in [9.17, 15) is 0 Å². The SMILES string of the molecule is Nc1cc(Br)cc(CSc2nc3ccccc3o2)c1. The van der Waals surface area contributed by atoms with Gasteiger partial charge in [0.2, 0.25) is 0 Å². The molecule has 2 N–H and O–H groups in total. The number of nitrogens with zero attached hydrogens (tertiary/aromatic N) is 1. The average molecular weight is 335 g/mol. The van der Waals surface area contributed by atoms with Crippen LogP contribution in [0.15, 0.2) is 56.6 Å². The Morgan fingerprint density at radius 2 is 2.05 bits per heavy atom. The minimum Gasteiger partial charge on any atom is -0.431 e.